The molecule has 0 radical (unpaired) electrons. The number of aliphatic hydroxyl groups excluding tert-OH is 1. The number of nitrogens with zero attached hydrogens (tertiary/aromatic N) is 3. The third kappa shape index (κ3) is 4.47. The van der Waals surface area contributed by atoms with Crippen molar-refractivity contribution in [3.05, 3.63) is 74.4 Å². The molecule has 2 amide bonds. The van der Waals surface area contributed by atoms with Gasteiger partial charge in [-0.2, -0.15) is 5.10 Å². The van der Waals surface area contributed by atoms with E-state index in [1.807, 2.05) is 0 Å². The van der Waals surface area contributed by atoms with Gasteiger partial charge in [-0.25, -0.2) is 0 Å². The van der Waals surface area contributed by atoms with Crippen LogP contribution in [0.3, 0.4) is 0 Å². The van der Waals surface area contributed by atoms with E-state index in [2.05, 4.69) is 5.10 Å². The van der Waals surface area contributed by atoms with Crippen LogP contribution in [0.25, 0.3) is 11.3 Å². The van der Waals surface area contributed by atoms with E-state index in [4.69, 9.17) is 40.5 Å². The van der Waals surface area contributed by atoms with Crippen molar-refractivity contribution in [2.24, 2.45) is 5.73 Å². The highest BCUT2D eigenvalue weighted by Crippen LogP contribution is 2.32. The summed E-state index contributed by atoms with van der Waals surface area (Å²) in [5, 5.41) is 15.9. The minimum absolute atomic E-state index is 0.0691. The maximum absolute atomic E-state index is 13.1. The van der Waals surface area contributed by atoms with Gasteiger partial charge in [0.15, 0.2) is 0 Å². The maximum atomic E-state index is 13.1. The molecular weight excluding hydrogens is 475 g/mol. The summed E-state index contributed by atoms with van der Waals surface area (Å²) in [7, 11) is 0. The number of hydrogen-bond donors (Lipinski definition) is 2. The molecule has 3 N–H and O–H groups in total. The molecule has 1 atom stereocenters. The molecule has 1 aliphatic rings. The Hall–Kier alpha value is -2.58. The number of aromatic nitrogens is 2. The van der Waals surface area contributed by atoms with E-state index < -0.39 is 11.9 Å². The fourth-order valence-electron chi connectivity index (χ4n) is 3.92. The molecule has 0 fully saturated rings. The number of amides is 2. The third-order valence-corrected chi connectivity index (χ3v) is 5.98. The zero-order valence-electron chi connectivity index (χ0n) is 16.8. The second kappa shape index (κ2) is 9.11. The summed E-state index contributed by atoms with van der Waals surface area (Å²) < 4.78 is 1.58. The van der Waals surface area contributed by atoms with Crippen molar-refractivity contribution in [3.8, 4) is 11.3 Å². The van der Waals surface area contributed by atoms with E-state index in [1.54, 1.807) is 52.0 Å². The van der Waals surface area contributed by atoms with Crippen molar-refractivity contribution >= 4 is 46.6 Å². The largest absolute Gasteiger partial charge is 0.394 e. The summed E-state index contributed by atoms with van der Waals surface area (Å²) in [5.74, 6) is -0.872. The summed E-state index contributed by atoms with van der Waals surface area (Å²) in [6.45, 7) is 0.0790. The molecule has 1 unspecified atom stereocenters. The molecule has 0 saturated heterocycles. The molecule has 166 valence electrons. The predicted octanol–water partition coefficient (Wildman–Crippen LogP) is 3.73. The van der Waals surface area contributed by atoms with Crippen LogP contribution in [0, 0.1) is 0 Å². The number of halogens is 3. The molecular formula is C22H19Cl3N4O3. The van der Waals surface area contributed by atoms with Crippen LogP contribution in [-0.4, -0.2) is 44.8 Å². The zero-order chi connectivity index (χ0) is 23.0. The van der Waals surface area contributed by atoms with Crippen molar-refractivity contribution in [1.29, 1.82) is 0 Å². The quantitative estimate of drug-likeness (QED) is 0.565. The third-order valence-electron chi connectivity index (χ3n) is 5.31. The fraction of sp³-hybridized carbons (Fsp3) is 0.227. The fourth-order valence-corrected chi connectivity index (χ4v) is 4.68. The number of carbonyl (C=O) groups is 2. The SMILES string of the molecule is NC(=O)c1c(-c2cccc(Cl)c2)nn2c1CN(C(=O)Cc1cc(Cl)cc(Cl)c1)CC2CO. The second-order valence-electron chi connectivity index (χ2n) is 7.55. The number of primary amides is 1. The first-order chi connectivity index (χ1) is 15.3. The first-order valence-electron chi connectivity index (χ1n) is 9.77. The highest BCUT2D eigenvalue weighted by molar-refractivity contribution is 6.34. The average Bonchev–Trinajstić information content (AvgIpc) is 3.12. The van der Waals surface area contributed by atoms with Crippen LogP contribution in [0.5, 0.6) is 0 Å². The van der Waals surface area contributed by atoms with Gasteiger partial charge in [0.2, 0.25) is 5.91 Å². The Labute approximate surface area is 199 Å². The van der Waals surface area contributed by atoms with Gasteiger partial charge in [-0.3, -0.25) is 14.3 Å². The van der Waals surface area contributed by atoms with Crippen LogP contribution >= 0.6 is 34.8 Å². The monoisotopic (exact) mass is 492 g/mol. The van der Waals surface area contributed by atoms with Crippen molar-refractivity contribution in [2.75, 3.05) is 13.2 Å². The molecule has 32 heavy (non-hydrogen) atoms. The summed E-state index contributed by atoms with van der Waals surface area (Å²) >= 11 is 18.2. The van der Waals surface area contributed by atoms with Crippen LogP contribution in [0.15, 0.2) is 42.5 Å². The second-order valence-corrected chi connectivity index (χ2v) is 8.86. The lowest BCUT2D eigenvalue weighted by atomic mass is 10.0. The molecule has 2 heterocycles. The summed E-state index contributed by atoms with van der Waals surface area (Å²) in [4.78, 5) is 27.0. The van der Waals surface area contributed by atoms with Gasteiger partial charge in [0.05, 0.1) is 36.9 Å². The number of carbonyl (C=O) groups excluding carboxylic acids is 2. The topological polar surface area (TPSA) is 101 Å². The van der Waals surface area contributed by atoms with Crippen molar-refractivity contribution in [3.63, 3.8) is 0 Å². The van der Waals surface area contributed by atoms with E-state index in [-0.39, 0.29) is 37.6 Å². The van der Waals surface area contributed by atoms with Gasteiger partial charge in [-0.15, -0.1) is 0 Å². The standard InChI is InChI=1S/C22H19Cl3N4O3/c23-14-3-1-2-13(7-14)21-20(22(26)32)18-10-28(9-17(11-30)29(18)27-21)19(31)6-12-4-15(24)8-16(25)5-12/h1-5,7-8,17,30H,6,9-11H2,(H2,26,32). The molecule has 0 saturated carbocycles. The van der Waals surface area contributed by atoms with Gasteiger partial charge >= 0.3 is 0 Å². The molecule has 7 nitrogen and oxygen atoms in total. The molecule has 0 spiro atoms. The lowest BCUT2D eigenvalue weighted by molar-refractivity contribution is -0.132. The van der Waals surface area contributed by atoms with Gasteiger partial charge in [0.1, 0.15) is 5.69 Å². The summed E-state index contributed by atoms with van der Waals surface area (Å²) in [5.41, 5.74) is 8.03. The highest BCUT2D eigenvalue weighted by atomic mass is 35.5. The lowest BCUT2D eigenvalue weighted by Crippen LogP contribution is -2.43. The number of hydrogen-bond acceptors (Lipinski definition) is 4. The Bertz CT molecular complexity index is 1190. The van der Waals surface area contributed by atoms with Crippen molar-refractivity contribution in [1.82, 2.24) is 14.7 Å². The molecule has 3 aromatic rings. The molecule has 1 aliphatic heterocycles. The zero-order valence-corrected chi connectivity index (χ0v) is 19.0. The van der Waals surface area contributed by atoms with E-state index in [0.29, 0.717) is 37.6 Å². The highest BCUT2D eigenvalue weighted by Gasteiger charge is 2.34. The maximum Gasteiger partial charge on any atom is 0.252 e. The Morgan fingerprint density at radius 1 is 1.09 bits per heavy atom. The van der Waals surface area contributed by atoms with Gasteiger partial charge in [-0.1, -0.05) is 46.9 Å². The normalized spacial score (nSPS) is 15.5. The van der Waals surface area contributed by atoms with Gasteiger partial charge in [0.25, 0.3) is 5.91 Å². The van der Waals surface area contributed by atoms with Crippen molar-refractivity contribution < 1.29 is 14.7 Å². The van der Waals surface area contributed by atoms with Crippen LogP contribution in [0.1, 0.15) is 27.7 Å². The number of nitrogens with two attached hydrogens (primary N) is 1. The molecule has 1 aromatic heterocycles. The van der Waals surface area contributed by atoms with Crippen molar-refractivity contribution in [2.45, 2.75) is 19.0 Å². The van der Waals surface area contributed by atoms with Crippen LogP contribution in [0.2, 0.25) is 15.1 Å². The molecule has 0 bridgehead atoms. The van der Waals surface area contributed by atoms with Gasteiger partial charge in [0, 0.05) is 27.2 Å². The first-order valence-corrected chi connectivity index (χ1v) is 10.9. The number of fused-ring (bicyclic) bond motifs is 1. The molecule has 2 aromatic carbocycles. The van der Waals surface area contributed by atoms with Gasteiger partial charge in [-0.05, 0) is 35.9 Å². The van der Waals surface area contributed by atoms with Crippen LogP contribution in [-0.2, 0) is 17.8 Å². The predicted molar refractivity (Wildman–Crippen MR) is 123 cm³/mol. The first kappa shape index (κ1) is 22.6. The summed E-state index contributed by atoms with van der Waals surface area (Å²) in [6, 6.07) is 11.3. The summed E-state index contributed by atoms with van der Waals surface area (Å²) in [6.07, 6.45) is 0.0691. The van der Waals surface area contributed by atoms with E-state index >= 15 is 0 Å². The minimum Gasteiger partial charge on any atom is -0.394 e. The molecule has 0 aliphatic carbocycles. The number of benzene rings is 2. The number of aliphatic hydroxyl groups is 1. The molecule has 4 rings (SSSR count). The minimum atomic E-state index is -0.672. The Balaban J connectivity index is 1.71. The lowest BCUT2D eigenvalue weighted by Gasteiger charge is -2.33. The molecule has 10 heteroatoms. The average molecular weight is 494 g/mol. The van der Waals surface area contributed by atoms with E-state index in [1.165, 1.54) is 0 Å². The Morgan fingerprint density at radius 2 is 1.81 bits per heavy atom. The number of rotatable bonds is 5. The smallest absolute Gasteiger partial charge is 0.252 e. The van der Waals surface area contributed by atoms with Crippen LogP contribution < -0.4 is 5.73 Å². The van der Waals surface area contributed by atoms with Crippen LogP contribution in [0.4, 0.5) is 0 Å². The Morgan fingerprint density at radius 3 is 2.44 bits per heavy atom. The van der Waals surface area contributed by atoms with E-state index in [9.17, 15) is 14.7 Å². The van der Waals surface area contributed by atoms with Gasteiger partial charge < -0.3 is 15.7 Å². The Kier molecular flexibility index (Phi) is 6.44. The van der Waals surface area contributed by atoms with E-state index in [0.717, 1.165) is 0 Å².